The van der Waals surface area contributed by atoms with Crippen LogP contribution in [-0.4, -0.2) is 52.6 Å². The summed E-state index contributed by atoms with van der Waals surface area (Å²) in [5.41, 5.74) is 2.34. The Morgan fingerprint density at radius 2 is 2.00 bits per heavy atom. The predicted molar refractivity (Wildman–Crippen MR) is 125 cm³/mol. The Hall–Kier alpha value is -1.06. The maximum absolute atomic E-state index is 6.04. The Balaban J connectivity index is 0.00000392. The molecule has 6 nitrogen and oxygen atoms in total. The number of nitrogens with one attached hydrogen (secondary N) is 2. The first kappa shape index (κ1) is 25.0. The molecule has 2 N–H and O–H groups in total. The first-order chi connectivity index (χ1) is 13.2. The van der Waals surface area contributed by atoms with Gasteiger partial charge in [0.2, 0.25) is 0 Å². The molecule has 0 amide bonds. The topological polar surface area (TPSA) is 64.1 Å². The van der Waals surface area contributed by atoms with Crippen LogP contribution in [0.5, 0.6) is 5.75 Å². The molecule has 0 atom stereocenters. The summed E-state index contributed by atoms with van der Waals surface area (Å²) < 4.78 is 16.5. The minimum absolute atomic E-state index is 0. The van der Waals surface area contributed by atoms with Crippen molar-refractivity contribution in [2.75, 3.05) is 46.6 Å². The number of benzene rings is 1. The van der Waals surface area contributed by atoms with Crippen molar-refractivity contribution in [1.82, 2.24) is 10.6 Å². The van der Waals surface area contributed by atoms with Crippen LogP contribution < -0.4 is 15.4 Å². The lowest BCUT2D eigenvalue weighted by Gasteiger charge is -2.13. The molecule has 1 fully saturated rings. The molecule has 2 rings (SSSR count). The summed E-state index contributed by atoms with van der Waals surface area (Å²) in [7, 11) is 1.68. The fourth-order valence-electron chi connectivity index (χ4n) is 2.55. The van der Waals surface area contributed by atoms with Gasteiger partial charge in [0.05, 0.1) is 26.4 Å². The molecule has 0 heterocycles. The molecule has 0 saturated heterocycles. The van der Waals surface area contributed by atoms with Gasteiger partial charge < -0.3 is 24.8 Å². The number of aryl methyl sites for hydroxylation is 1. The SMILES string of the molecule is CCNC(=NCc1ccc(C)cc1OCC1CC1)NCCCOCCOC.I. The molecule has 160 valence electrons. The van der Waals surface area contributed by atoms with Gasteiger partial charge in [-0.1, -0.05) is 12.1 Å². The summed E-state index contributed by atoms with van der Waals surface area (Å²) >= 11 is 0. The van der Waals surface area contributed by atoms with Gasteiger partial charge in [0, 0.05) is 32.4 Å². The Labute approximate surface area is 186 Å². The standard InChI is InChI=1S/C21H35N3O3.HI/c1-4-22-21(23-10-5-11-26-13-12-25-3)24-15-19-9-6-17(2)14-20(19)27-16-18-7-8-18;/h6,9,14,18H,4-5,7-8,10-13,15-16H2,1-3H3,(H2,22,23,24);1H. The van der Waals surface area contributed by atoms with E-state index < -0.39 is 0 Å². The van der Waals surface area contributed by atoms with Crippen LogP contribution in [-0.2, 0) is 16.0 Å². The maximum Gasteiger partial charge on any atom is 0.191 e. The van der Waals surface area contributed by atoms with Crippen LogP contribution in [0.15, 0.2) is 23.2 Å². The summed E-state index contributed by atoms with van der Waals surface area (Å²) in [5.74, 6) is 2.53. The van der Waals surface area contributed by atoms with Gasteiger partial charge in [-0.25, -0.2) is 4.99 Å². The molecule has 1 aliphatic rings. The van der Waals surface area contributed by atoms with Crippen molar-refractivity contribution in [1.29, 1.82) is 0 Å². The number of rotatable bonds is 13. The van der Waals surface area contributed by atoms with Gasteiger partial charge in [-0.05, 0) is 50.7 Å². The predicted octanol–water partition coefficient (Wildman–Crippen LogP) is 3.51. The third-order valence-corrected chi connectivity index (χ3v) is 4.34. The summed E-state index contributed by atoms with van der Waals surface area (Å²) in [6.45, 7) is 9.22. The molecule has 28 heavy (non-hydrogen) atoms. The zero-order valence-electron chi connectivity index (χ0n) is 17.5. The fraction of sp³-hybridized carbons (Fsp3) is 0.667. The molecule has 0 unspecified atom stereocenters. The number of aliphatic imine (C=N–C) groups is 1. The molecule has 0 aromatic heterocycles. The summed E-state index contributed by atoms with van der Waals surface area (Å²) in [6.07, 6.45) is 3.51. The molecule has 1 saturated carbocycles. The zero-order chi connectivity index (χ0) is 19.3. The van der Waals surface area contributed by atoms with Gasteiger partial charge in [-0.2, -0.15) is 0 Å². The second-order valence-corrected chi connectivity index (χ2v) is 6.95. The Bertz CT molecular complexity index is 580. The van der Waals surface area contributed by atoms with Gasteiger partial charge in [-0.15, -0.1) is 24.0 Å². The molecule has 0 spiro atoms. The molecule has 1 aliphatic carbocycles. The van der Waals surface area contributed by atoms with E-state index in [1.807, 2.05) is 0 Å². The van der Waals surface area contributed by atoms with Gasteiger partial charge in [-0.3, -0.25) is 0 Å². The van der Waals surface area contributed by atoms with E-state index in [9.17, 15) is 0 Å². The summed E-state index contributed by atoms with van der Waals surface area (Å²) in [5, 5.41) is 6.65. The van der Waals surface area contributed by atoms with E-state index in [0.717, 1.165) is 49.3 Å². The Kier molecular flexibility index (Phi) is 13.3. The van der Waals surface area contributed by atoms with E-state index in [0.29, 0.717) is 26.4 Å². The quantitative estimate of drug-likeness (QED) is 0.186. The number of hydrogen-bond donors (Lipinski definition) is 2. The fourth-order valence-corrected chi connectivity index (χ4v) is 2.55. The molecular weight excluding hydrogens is 469 g/mol. The molecular formula is C21H36IN3O3. The van der Waals surface area contributed by atoms with E-state index in [1.165, 1.54) is 18.4 Å². The number of hydrogen-bond acceptors (Lipinski definition) is 4. The van der Waals surface area contributed by atoms with E-state index in [2.05, 4.69) is 42.7 Å². The molecule has 0 radical (unpaired) electrons. The van der Waals surface area contributed by atoms with Crippen LogP contribution in [0.4, 0.5) is 0 Å². The van der Waals surface area contributed by atoms with Crippen molar-refractivity contribution in [3.8, 4) is 5.75 Å². The van der Waals surface area contributed by atoms with E-state index in [1.54, 1.807) is 7.11 Å². The highest BCUT2D eigenvalue weighted by Gasteiger charge is 2.22. The van der Waals surface area contributed by atoms with Crippen LogP contribution in [0.2, 0.25) is 0 Å². The van der Waals surface area contributed by atoms with Gasteiger partial charge in [0.15, 0.2) is 5.96 Å². The van der Waals surface area contributed by atoms with Crippen LogP contribution >= 0.6 is 24.0 Å². The highest BCUT2D eigenvalue weighted by atomic mass is 127. The van der Waals surface area contributed by atoms with Gasteiger partial charge >= 0.3 is 0 Å². The average molecular weight is 505 g/mol. The van der Waals surface area contributed by atoms with E-state index >= 15 is 0 Å². The van der Waals surface area contributed by atoms with Gasteiger partial charge in [0.1, 0.15) is 5.75 Å². The maximum atomic E-state index is 6.04. The minimum Gasteiger partial charge on any atom is -0.493 e. The first-order valence-corrected chi connectivity index (χ1v) is 10.0. The zero-order valence-corrected chi connectivity index (χ0v) is 19.8. The van der Waals surface area contributed by atoms with Crippen LogP contribution in [0.1, 0.15) is 37.3 Å². The Morgan fingerprint density at radius 1 is 1.18 bits per heavy atom. The number of guanidine groups is 1. The first-order valence-electron chi connectivity index (χ1n) is 10.0. The van der Waals surface area contributed by atoms with Gasteiger partial charge in [0.25, 0.3) is 0 Å². The smallest absolute Gasteiger partial charge is 0.191 e. The van der Waals surface area contributed by atoms with Crippen molar-refractivity contribution in [2.24, 2.45) is 10.9 Å². The summed E-state index contributed by atoms with van der Waals surface area (Å²) in [4.78, 5) is 4.72. The van der Waals surface area contributed by atoms with Crippen LogP contribution in [0, 0.1) is 12.8 Å². The largest absolute Gasteiger partial charge is 0.493 e. The van der Waals surface area contributed by atoms with Crippen molar-refractivity contribution in [3.63, 3.8) is 0 Å². The van der Waals surface area contributed by atoms with Crippen molar-refractivity contribution >= 4 is 29.9 Å². The number of halogens is 1. The van der Waals surface area contributed by atoms with Crippen molar-refractivity contribution in [2.45, 2.75) is 39.7 Å². The number of methoxy groups -OCH3 is 1. The normalized spacial score (nSPS) is 13.8. The molecule has 7 heteroatoms. The van der Waals surface area contributed by atoms with E-state index in [4.69, 9.17) is 19.2 Å². The van der Waals surface area contributed by atoms with Crippen LogP contribution in [0.3, 0.4) is 0 Å². The third-order valence-electron chi connectivity index (χ3n) is 4.34. The molecule has 1 aromatic rings. The Morgan fingerprint density at radius 3 is 2.71 bits per heavy atom. The summed E-state index contributed by atoms with van der Waals surface area (Å²) in [6, 6.07) is 6.35. The third kappa shape index (κ3) is 10.5. The second kappa shape index (κ2) is 14.9. The number of ether oxygens (including phenoxy) is 3. The van der Waals surface area contributed by atoms with E-state index in [-0.39, 0.29) is 24.0 Å². The lowest BCUT2D eigenvalue weighted by Crippen LogP contribution is -2.38. The van der Waals surface area contributed by atoms with Crippen molar-refractivity contribution in [3.05, 3.63) is 29.3 Å². The number of nitrogens with zero attached hydrogens (tertiary/aromatic N) is 1. The monoisotopic (exact) mass is 505 g/mol. The average Bonchev–Trinajstić information content (AvgIpc) is 3.49. The highest BCUT2D eigenvalue weighted by molar-refractivity contribution is 14.0. The lowest BCUT2D eigenvalue weighted by molar-refractivity contribution is 0.0698. The minimum atomic E-state index is 0. The van der Waals surface area contributed by atoms with Crippen LogP contribution in [0.25, 0.3) is 0 Å². The lowest BCUT2D eigenvalue weighted by atomic mass is 10.1. The van der Waals surface area contributed by atoms with Crippen molar-refractivity contribution < 1.29 is 14.2 Å². The molecule has 0 aliphatic heterocycles. The second-order valence-electron chi connectivity index (χ2n) is 6.95. The highest BCUT2D eigenvalue weighted by Crippen LogP contribution is 2.30. The molecule has 1 aromatic carbocycles. The molecule has 0 bridgehead atoms.